The molecule has 2 aliphatic rings. The molecule has 4 rings (SSSR count). The molecule has 32 heavy (non-hydrogen) atoms. The van der Waals surface area contributed by atoms with Gasteiger partial charge in [-0.25, -0.2) is 0 Å². The fraction of sp³-hybridized carbons (Fsp3) is 0.519. The maximum Gasteiger partial charge on any atom is 0.320 e. The van der Waals surface area contributed by atoms with Crippen LogP contribution < -0.4 is 10.1 Å². The maximum absolute atomic E-state index is 11.1. The summed E-state index contributed by atoms with van der Waals surface area (Å²) in [5.74, 6) is 0.800. The summed E-state index contributed by atoms with van der Waals surface area (Å²) in [6, 6.07) is 18.8. The number of hydrogen-bond acceptors (Lipinski definition) is 4. The van der Waals surface area contributed by atoms with Crippen LogP contribution >= 0.6 is 0 Å². The molecule has 0 amide bonds. The van der Waals surface area contributed by atoms with Crippen LogP contribution in [0.1, 0.15) is 49.7 Å². The molecule has 0 bridgehead atoms. The molecule has 2 aromatic rings. The van der Waals surface area contributed by atoms with Crippen LogP contribution in [0.25, 0.3) is 0 Å². The lowest BCUT2D eigenvalue weighted by Gasteiger charge is -2.45. The quantitative estimate of drug-likeness (QED) is 0.640. The largest absolute Gasteiger partial charge is 0.489 e. The first kappa shape index (κ1) is 22.8. The molecule has 1 saturated carbocycles. The average molecular weight is 437 g/mol. The molecule has 5 heteroatoms. The van der Waals surface area contributed by atoms with Crippen molar-refractivity contribution in [3.63, 3.8) is 0 Å². The number of carbonyl (C=O) groups is 1. The minimum Gasteiger partial charge on any atom is -0.489 e. The molecule has 0 unspecified atom stereocenters. The van der Waals surface area contributed by atoms with E-state index < -0.39 is 12.0 Å². The van der Waals surface area contributed by atoms with Gasteiger partial charge in [0.2, 0.25) is 0 Å². The second-order valence-corrected chi connectivity index (χ2v) is 9.70. The van der Waals surface area contributed by atoms with E-state index in [2.05, 4.69) is 72.8 Å². The van der Waals surface area contributed by atoms with Gasteiger partial charge in [0, 0.05) is 18.5 Å². The highest BCUT2D eigenvalue weighted by Crippen LogP contribution is 2.44. The van der Waals surface area contributed by atoms with Gasteiger partial charge in [-0.05, 0) is 81.8 Å². The van der Waals surface area contributed by atoms with Crippen molar-refractivity contribution in [2.24, 2.45) is 5.92 Å². The zero-order valence-corrected chi connectivity index (χ0v) is 19.3. The van der Waals surface area contributed by atoms with Gasteiger partial charge in [-0.15, -0.1) is 0 Å². The van der Waals surface area contributed by atoms with Crippen LogP contribution in [0, 0.1) is 5.92 Å². The molecule has 2 aromatic carbocycles. The SMILES string of the molecule is CN(C)C1(c2ccccc2)CCC(CCc2cccc(O[C@@H]3CN[C@H](C(=O)O)C3)c2)CC1. The smallest absolute Gasteiger partial charge is 0.320 e. The van der Waals surface area contributed by atoms with E-state index in [0.29, 0.717) is 13.0 Å². The highest BCUT2D eigenvalue weighted by atomic mass is 16.5. The number of nitrogens with one attached hydrogen (secondary N) is 1. The van der Waals surface area contributed by atoms with E-state index in [1.54, 1.807) is 0 Å². The normalized spacial score (nSPS) is 28.0. The van der Waals surface area contributed by atoms with Crippen LogP contribution in [0.4, 0.5) is 0 Å². The summed E-state index contributed by atoms with van der Waals surface area (Å²) >= 11 is 0. The van der Waals surface area contributed by atoms with Gasteiger partial charge in [0.15, 0.2) is 0 Å². The molecule has 1 aliphatic carbocycles. The van der Waals surface area contributed by atoms with E-state index in [1.165, 1.54) is 43.2 Å². The Hall–Kier alpha value is -2.37. The summed E-state index contributed by atoms with van der Waals surface area (Å²) in [7, 11) is 4.44. The number of carboxylic acids is 1. The lowest BCUT2D eigenvalue weighted by atomic mass is 9.71. The molecule has 172 valence electrons. The Balaban J connectivity index is 1.30. The van der Waals surface area contributed by atoms with Crippen LogP contribution in [-0.4, -0.2) is 48.8 Å². The van der Waals surface area contributed by atoms with E-state index >= 15 is 0 Å². The number of aliphatic carboxylic acids is 1. The third-order valence-electron chi connectivity index (χ3n) is 7.53. The zero-order chi connectivity index (χ0) is 22.6. The van der Waals surface area contributed by atoms with Gasteiger partial charge in [0.25, 0.3) is 0 Å². The van der Waals surface area contributed by atoms with Gasteiger partial charge < -0.3 is 15.2 Å². The molecular formula is C27H36N2O3. The predicted molar refractivity (Wildman–Crippen MR) is 127 cm³/mol. The first-order valence-electron chi connectivity index (χ1n) is 11.9. The Labute approximate surface area is 191 Å². The van der Waals surface area contributed by atoms with E-state index in [4.69, 9.17) is 9.84 Å². The molecule has 0 aromatic heterocycles. The Bertz CT molecular complexity index is 891. The molecule has 2 atom stereocenters. The Morgan fingerprint density at radius 3 is 2.53 bits per heavy atom. The second-order valence-electron chi connectivity index (χ2n) is 9.70. The number of aryl methyl sites for hydroxylation is 1. The van der Waals surface area contributed by atoms with Gasteiger partial charge >= 0.3 is 5.97 Å². The molecule has 2 N–H and O–H groups in total. The van der Waals surface area contributed by atoms with Crippen molar-refractivity contribution in [1.82, 2.24) is 10.2 Å². The summed E-state index contributed by atoms with van der Waals surface area (Å²) in [5.41, 5.74) is 2.91. The van der Waals surface area contributed by atoms with Crippen molar-refractivity contribution in [3.05, 3.63) is 65.7 Å². The standard InChI is InChI=1S/C27H36N2O3/c1-29(2)27(22-8-4-3-5-9-22)15-13-20(14-16-27)11-12-21-7-6-10-23(17-21)32-24-18-25(26(30)31)28-19-24/h3-10,17,20,24-25,28H,11-16,18-19H2,1-2H3,(H,30,31)/t20?,24-,25-,27?/m0/s1. The van der Waals surface area contributed by atoms with Crippen molar-refractivity contribution >= 4 is 5.97 Å². The summed E-state index contributed by atoms with van der Waals surface area (Å²) < 4.78 is 6.06. The van der Waals surface area contributed by atoms with Crippen molar-refractivity contribution in [1.29, 1.82) is 0 Å². The van der Waals surface area contributed by atoms with Gasteiger partial charge in [-0.3, -0.25) is 9.69 Å². The molecule has 2 fully saturated rings. The lowest BCUT2D eigenvalue weighted by Crippen LogP contribution is -2.44. The van der Waals surface area contributed by atoms with Gasteiger partial charge in [-0.1, -0.05) is 42.5 Å². The van der Waals surface area contributed by atoms with E-state index in [-0.39, 0.29) is 11.6 Å². The van der Waals surface area contributed by atoms with Crippen molar-refractivity contribution in [2.75, 3.05) is 20.6 Å². The minimum atomic E-state index is -0.803. The monoisotopic (exact) mass is 436 g/mol. The first-order chi connectivity index (χ1) is 15.5. The molecule has 1 heterocycles. The van der Waals surface area contributed by atoms with E-state index in [9.17, 15) is 4.79 Å². The van der Waals surface area contributed by atoms with Gasteiger partial charge in [-0.2, -0.15) is 0 Å². The fourth-order valence-corrected chi connectivity index (χ4v) is 5.51. The molecule has 0 radical (unpaired) electrons. The highest BCUT2D eigenvalue weighted by molar-refractivity contribution is 5.73. The van der Waals surface area contributed by atoms with Crippen LogP contribution in [0.15, 0.2) is 54.6 Å². The number of hydrogen-bond donors (Lipinski definition) is 2. The van der Waals surface area contributed by atoms with Crippen LogP contribution in [0.5, 0.6) is 5.75 Å². The molecule has 5 nitrogen and oxygen atoms in total. The first-order valence-corrected chi connectivity index (χ1v) is 11.9. The number of carboxylic acid groups (broad SMARTS) is 1. The number of nitrogens with zero attached hydrogens (tertiary/aromatic N) is 1. The number of ether oxygens (including phenoxy) is 1. The van der Waals surface area contributed by atoms with Gasteiger partial charge in [0.05, 0.1) is 0 Å². The van der Waals surface area contributed by atoms with Crippen molar-refractivity contribution in [3.8, 4) is 5.75 Å². The van der Waals surface area contributed by atoms with Gasteiger partial charge in [0.1, 0.15) is 17.9 Å². The maximum atomic E-state index is 11.1. The molecular weight excluding hydrogens is 400 g/mol. The van der Waals surface area contributed by atoms with Crippen LogP contribution in [0.2, 0.25) is 0 Å². The zero-order valence-electron chi connectivity index (χ0n) is 19.3. The number of rotatable bonds is 8. The Morgan fingerprint density at radius 2 is 1.88 bits per heavy atom. The lowest BCUT2D eigenvalue weighted by molar-refractivity contribution is -0.139. The molecule has 0 spiro atoms. The Morgan fingerprint density at radius 1 is 1.12 bits per heavy atom. The molecule has 1 saturated heterocycles. The summed E-state index contributed by atoms with van der Waals surface area (Å²) in [5, 5.41) is 12.1. The topological polar surface area (TPSA) is 61.8 Å². The van der Waals surface area contributed by atoms with Crippen LogP contribution in [0.3, 0.4) is 0 Å². The third kappa shape index (κ3) is 5.16. The van der Waals surface area contributed by atoms with E-state index in [1.807, 2.05) is 6.07 Å². The number of benzene rings is 2. The van der Waals surface area contributed by atoms with E-state index in [0.717, 1.165) is 18.1 Å². The second kappa shape index (κ2) is 10.1. The van der Waals surface area contributed by atoms with Crippen LogP contribution in [-0.2, 0) is 16.8 Å². The van der Waals surface area contributed by atoms with Crippen molar-refractivity contribution < 1.29 is 14.6 Å². The highest BCUT2D eigenvalue weighted by Gasteiger charge is 2.38. The summed E-state index contributed by atoms with van der Waals surface area (Å²) in [6.07, 6.45) is 7.62. The predicted octanol–water partition coefficient (Wildman–Crippen LogP) is 4.46. The summed E-state index contributed by atoms with van der Waals surface area (Å²) in [4.78, 5) is 13.5. The summed E-state index contributed by atoms with van der Waals surface area (Å²) in [6.45, 7) is 0.582. The minimum absolute atomic E-state index is 0.0816. The fourth-order valence-electron chi connectivity index (χ4n) is 5.51. The third-order valence-corrected chi connectivity index (χ3v) is 7.53. The molecule has 1 aliphatic heterocycles. The average Bonchev–Trinajstić information content (AvgIpc) is 3.28. The Kier molecular flexibility index (Phi) is 7.17. The van der Waals surface area contributed by atoms with Crippen molar-refractivity contribution in [2.45, 2.75) is 62.6 Å².